The topological polar surface area (TPSA) is 85.5 Å². The average Bonchev–Trinajstić information content (AvgIpc) is 3.51. The summed E-state index contributed by atoms with van der Waals surface area (Å²) in [5, 5.41) is 3.92. The molecule has 2 atom stereocenters. The molecule has 208 valence electrons. The largest absolute Gasteiger partial charge is 0.356 e. The van der Waals surface area contributed by atoms with E-state index in [2.05, 4.69) is 10.3 Å². The molecule has 3 heterocycles. The van der Waals surface area contributed by atoms with Gasteiger partial charge in [-0.1, -0.05) is 72.8 Å². The number of H-pyrrole nitrogens is 1. The standard InChI is InChI=1S/C34H27FN4O3/c35-23-16-14-21(15-17-23)18-19-36-32(40)25-11-5-7-13-28(25)39-33(41)29-20-26-24-10-4-6-12-27(24)37-30(26)31(38(29)34(39)42)22-8-2-1-3-9-22/h1-17,29,31,37H,18-20H2,(H,36,40)/t29-,31?/m0/s1. The predicted molar refractivity (Wildman–Crippen MR) is 158 cm³/mol. The number of rotatable bonds is 6. The van der Waals surface area contributed by atoms with E-state index in [-0.39, 0.29) is 23.0 Å². The van der Waals surface area contributed by atoms with Gasteiger partial charge in [0, 0.05) is 29.6 Å². The Morgan fingerprint density at radius 2 is 1.60 bits per heavy atom. The summed E-state index contributed by atoms with van der Waals surface area (Å²) in [6.45, 7) is 0.313. The van der Waals surface area contributed by atoms with Crippen molar-refractivity contribution in [1.29, 1.82) is 0 Å². The van der Waals surface area contributed by atoms with Gasteiger partial charge >= 0.3 is 6.03 Å². The van der Waals surface area contributed by atoms with E-state index in [0.29, 0.717) is 19.4 Å². The van der Waals surface area contributed by atoms with E-state index in [1.54, 1.807) is 41.3 Å². The van der Waals surface area contributed by atoms with E-state index >= 15 is 0 Å². The van der Waals surface area contributed by atoms with Crippen molar-refractivity contribution >= 4 is 34.4 Å². The van der Waals surface area contributed by atoms with Gasteiger partial charge in [0.25, 0.3) is 11.8 Å². The van der Waals surface area contributed by atoms with E-state index in [1.807, 2.05) is 54.6 Å². The molecule has 5 aromatic rings. The van der Waals surface area contributed by atoms with Crippen LogP contribution in [0.4, 0.5) is 14.9 Å². The Hall–Kier alpha value is -5.24. The second kappa shape index (κ2) is 10.3. The number of imide groups is 1. The summed E-state index contributed by atoms with van der Waals surface area (Å²) >= 11 is 0. The molecule has 8 heteroatoms. The number of urea groups is 1. The molecule has 1 saturated heterocycles. The molecule has 4 aromatic carbocycles. The monoisotopic (exact) mass is 558 g/mol. The first-order chi connectivity index (χ1) is 20.5. The van der Waals surface area contributed by atoms with Crippen LogP contribution in [0.15, 0.2) is 103 Å². The highest BCUT2D eigenvalue weighted by Crippen LogP contribution is 2.45. The Morgan fingerprint density at radius 1 is 0.881 bits per heavy atom. The molecule has 7 nitrogen and oxygen atoms in total. The first kappa shape index (κ1) is 25.7. The fraction of sp³-hybridized carbons (Fsp3) is 0.147. The van der Waals surface area contributed by atoms with Crippen LogP contribution in [-0.2, 0) is 17.6 Å². The molecule has 2 aliphatic rings. The number of benzene rings is 4. The normalized spacial score (nSPS) is 17.8. The fourth-order valence-electron chi connectivity index (χ4n) is 6.21. The van der Waals surface area contributed by atoms with Gasteiger partial charge in [-0.25, -0.2) is 14.1 Å². The van der Waals surface area contributed by atoms with Gasteiger partial charge in [-0.3, -0.25) is 14.5 Å². The van der Waals surface area contributed by atoms with Crippen LogP contribution >= 0.6 is 0 Å². The molecule has 2 N–H and O–H groups in total. The number of nitrogens with zero attached hydrogens (tertiary/aromatic N) is 2. The Balaban J connectivity index is 1.22. The summed E-state index contributed by atoms with van der Waals surface area (Å²) in [6.07, 6.45) is 0.881. The highest BCUT2D eigenvalue weighted by molar-refractivity contribution is 6.24. The molecule has 0 radical (unpaired) electrons. The van der Waals surface area contributed by atoms with Gasteiger partial charge in [-0.2, -0.15) is 0 Å². The Labute approximate surface area is 241 Å². The molecule has 4 amide bonds. The maximum atomic E-state index is 14.2. The molecule has 0 spiro atoms. The van der Waals surface area contributed by atoms with Crippen LogP contribution in [0.2, 0.25) is 0 Å². The van der Waals surface area contributed by atoms with Gasteiger partial charge < -0.3 is 10.3 Å². The van der Waals surface area contributed by atoms with Crippen LogP contribution in [0.1, 0.15) is 38.8 Å². The lowest BCUT2D eigenvalue weighted by atomic mass is 9.89. The van der Waals surface area contributed by atoms with Crippen molar-refractivity contribution in [2.24, 2.45) is 0 Å². The summed E-state index contributed by atoms with van der Waals surface area (Å²) in [5.74, 6) is -1.07. The number of amides is 4. The molecule has 2 aliphatic heterocycles. The molecule has 7 rings (SSSR count). The van der Waals surface area contributed by atoms with Crippen LogP contribution in [-0.4, -0.2) is 40.3 Å². The highest BCUT2D eigenvalue weighted by Gasteiger charge is 2.53. The van der Waals surface area contributed by atoms with Gasteiger partial charge in [-0.05, 0) is 53.4 Å². The molecule has 1 fully saturated rings. The minimum Gasteiger partial charge on any atom is -0.356 e. The third-order valence-corrected chi connectivity index (χ3v) is 8.17. The smallest absolute Gasteiger partial charge is 0.332 e. The number of carbonyl (C=O) groups is 3. The SMILES string of the molecule is O=C(NCCc1ccc(F)cc1)c1ccccc1N1C(=O)[C@@H]2Cc3c([nH]c4ccccc34)C(c3ccccc3)N2C1=O. The summed E-state index contributed by atoms with van der Waals surface area (Å²) in [7, 11) is 0. The first-order valence-corrected chi connectivity index (χ1v) is 13.9. The van der Waals surface area contributed by atoms with Crippen molar-refractivity contribution in [3.63, 3.8) is 0 Å². The average molecular weight is 559 g/mol. The molecular weight excluding hydrogens is 531 g/mol. The minimum absolute atomic E-state index is 0.235. The molecule has 1 aromatic heterocycles. The van der Waals surface area contributed by atoms with Gasteiger partial charge in [0.05, 0.1) is 11.3 Å². The van der Waals surface area contributed by atoms with Crippen molar-refractivity contribution in [1.82, 2.24) is 15.2 Å². The highest BCUT2D eigenvalue weighted by atomic mass is 19.1. The fourth-order valence-corrected chi connectivity index (χ4v) is 6.21. The van der Waals surface area contributed by atoms with E-state index in [1.165, 1.54) is 12.1 Å². The predicted octanol–water partition coefficient (Wildman–Crippen LogP) is 5.76. The summed E-state index contributed by atoms with van der Waals surface area (Å²) in [5.41, 5.74) is 5.15. The Bertz CT molecular complexity index is 1830. The molecule has 0 aliphatic carbocycles. The van der Waals surface area contributed by atoms with Crippen molar-refractivity contribution in [2.75, 3.05) is 11.4 Å². The third kappa shape index (κ3) is 4.23. The first-order valence-electron chi connectivity index (χ1n) is 13.9. The number of halogens is 1. The zero-order chi connectivity index (χ0) is 28.8. The second-order valence-corrected chi connectivity index (χ2v) is 10.6. The maximum absolute atomic E-state index is 14.2. The second-order valence-electron chi connectivity index (χ2n) is 10.6. The lowest BCUT2D eigenvalue weighted by Gasteiger charge is -2.36. The van der Waals surface area contributed by atoms with Crippen LogP contribution in [0.5, 0.6) is 0 Å². The zero-order valence-electron chi connectivity index (χ0n) is 22.6. The van der Waals surface area contributed by atoms with Crippen LogP contribution in [0.25, 0.3) is 10.9 Å². The zero-order valence-corrected chi connectivity index (χ0v) is 22.6. The van der Waals surface area contributed by atoms with E-state index in [4.69, 9.17) is 0 Å². The molecule has 1 unspecified atom stereocenters. The van der Waals surface area contributed by atoms with E-state index in [9.17, 15) is 18.8 Å². The Kier molecular flexibility index (Phi) is 6.31. The number of anilines is 1. The number of nitrogens with one attached hydrogen (secondary N) is 2. The lowest BCUT2D eigenvalue weighted by molar-refractivity contribution is -0.120. The van der Waals surface area contributed by atoms with Crippen LogP contribution in [0.3, 0.4) is 0 Å². The maximum Gasteiger partial charge on any atom is 0.332 e. The summed E-state index contributed by atoms with van der Waals surface area (Å²) in [4.78, 5) is 48.0. The van der Waals surface area contributed by atoms with Crippen molar-refractivity contribution < 1.29 is 18.8 Å². The number of para-hydroxylation sites is 2. The molecule has 0 saturated carbocycles. The van der Waals surface area contributed by atoms with Crippen LogP contribution < -0.4 is 10.2 Å². The van der Waals surface area contributed by atoms with Gasteiger partial charge in [0.15, 0.2) is 0 Å². The quantitative estimate of drug-likeness (QED) is 0.260. The van der Waals surface area contributed by atoms with E-state index in [0.717, 1.165) is 38.2 Å². The number of aromatic nitrogens is 1. The van der Waals surface area contributed by atoms with E-state index < -0.39 is 24.0 Å². The number of carbonyl (C=O) groups excluding carboxylic acids is 3. The molecular formula is C34H27FN4O3. The van der Waals surface area contributed by atoms with Crippen LogP contribution in [0, 0.1) is 5.82 Å². The third-order valence-electron chi connectivity index (χ3n) is 8.17. The molecule has 42 heavy (non-hydrogen) atoms. The minimum atomic E-state index is -0.719. The van der Waals surface area contributed by atoms with Gasteiger partial charge in [-0.15, -0.1) is 0 Å². The number of hydrogen-bond donors (Lipinski definition) is 2. The van der Waals surface area contributed by atoms with Crippen molar-refractivity contribution in [3.05, 3.63) is 137 Å². The number of fused-ring (bicyclic) bond motifs is 4. The van der Waals surface area contributed by atoms with Crippen molar-refractivity contribution in [3.8, 4) is 0 Å². The van der Waals surface area contributed by atoms with Crippen molar-refractivity contribution in [2.45, 2.75) is 24.9 Å². The lowest BCUT2D eigenvalue weighted by Crippen LogP contribution is -2.44. The van der Waals surface area contributed by atoms with Gasteiger partial charge in [0.2, 0.25) is 0 Å². The molecule has 0 bridgehead atoms. The number of aromatic amines is 1. The van der Waals surface area contributed by atoms with Gasteiger partial charge in [0.1, 0.15) is 17.9 Å². The summed E-state index contributed by atoms with van der Waals surface area (Å²) in [6, 6.07) is 28.8. The Morgan fingerprint density at radius 3 is 2.40 bits per heavy atom. The summed E-state index contributed by atoms with van der Waals surface area (Å²) < 4.78 is 13.2. The number of hydrogen-bond acceptors (Lipinski definition) is 3.